The molecule has 1 atom stereocenters. The van der Waals surface area contributed by atoms with E-state index < -0.39 is 36.6 Å². The summed E-state index contributed by atoms with van der Waals surface area (Å²) < 4.78 is 5.05. The molecule has 0 spiro atoms. The Morgan fingerprint density at radius 2 is 1.77 bits per heavy atom. The SMILES string of the molecule is C[C@@]1(C2CC2)NC(=O)N(CC(=O)OCC(=O)N2CCN(c3ccccc3)CC2)C1=O. The van der Waals surface area contributed by atoms with Crippen molar-refractivity contribution in [2.45, 2.75) is 25.3 Å². The fourth-order valence-corrected chi connectivity index (χ4v) is 4.06. The Kier molecular flexibility index (Phi) is 5.36. The second-order valence-corrected chi connectivity index (χ2v) is 8.16. The van der Waals surface area contributed by atoms with E-state index in [1.165, 1.54) is 0 Å². The number of carbonyl (C=O) groups is 4. The zero-order chi connectivity index (χ0) is 21.3. The third-order valence-electron chi connectivity index (χ3n) is 6.09. The number of para-hydroxylation sites is 1. The number of imide groups is 1. The molecule has 9 nitrogen and oxygen atoms in total. The van der Waals surface area contributed by atoms with Crippen LogP contribution in [0, 0.1) is 5.92 Å². The van der Waals surface area contributed by atoms with Gasteiger partial charge >= 0.3 is 12.0 Å². The van der Waals surface area contributed by atoms with Gasteiger partial charge < -0.3 is 19.9 Å². The second kappa shape index (κ2) is 7.97. The van der Waals surface area contributed by atoms with E-state index in [4.69, 9.17) is 4.74 Å². The summed E-state index contributed by atoms with van der Waals surface area (Å²) in [5.74, 6) is -1.34. The average molecular weight is 414 g/mol. The fraction of sp³-hybridized carbons (Fsp3) is 0.524. The lowest BCUT2D eigenvalue weighted by Crippen LogP contribution is -2.50. The lowest BCUT2D eigenvalue weighted by Gasteiger charge is -2.36. The van der Waals surface area contributed by atoms with Crippen molar-refractivity contribution >= 4 is 29.5 Å². The number of urea groups is 1. The van der Waals surface area contributed by atoms with Crippen LogP contribution in [0.5, 0.6) is 0 Å². The number of carbonyl (C=O) groups excluding carboxylic acids is 4. The van der Waals surface area contributed by atoms with Crippen LogP contribution in [0.1, 0.15) is 19.8 Å². The molecule has 1 saturated carbocycles. The first-order valence-electron chi connectivity index (χ1n) is 10.3. The average Bonchev–Trinajstić information content (AvgIpc) is 3.59. The molecule has 0 bridgehead atoms. The summed E-state index contributed by atoms with van der Waals surface area (Å²) in [4.78, 5) is 53.9. The first-order valence-corrected chi connectivity index (χ1v) is 10.3. The van der Waals surface area contributed by atoms with Gasteiger partial charge in [0.25, 0.3) is 11.8 Å². The highest BCUT2D eigenvalue weighted by Crippen LogP contribution is 2.42. The van der Waals surface area contributed by atoms with Crippen LogP contribution in [-0.2, 0) is 19.1 Å². The molecule has 2 saturated heterocycles. The Morgan fingerprint density at radius 3 is 2.40 bits per heavy atom. The maximum absolute atomic E-state index is 12.5. The van der Waals surface area contributed by atoms with Gasteiger partial charge in [-0.25, -0.2) is 4.79 Å². The van der Waals surface area contributed by atoms with Crippen LogP contribution in [0.25, 0.3) is 0 Å². The number of nitrogens with zero attached hydrogens (tertiary/aromatic N) is 3. The van der Waals surface area contributed by atoms with E-state index in [0.29, 0.717) is 26.2 Å². The largest absolute Gasteiger partial charge is 0.454 e. The van der Waals surface area contributed by atoms with Gasteiger partial charge in [-0.05, 0) is 37.8 Å². The van der Waals surface area contributed by atoms with Crippen LogP contribution < -0.4 is 10.2 Å². The molecule has 2 aliphatic heterocycles. The van der Waals surface area contributed by atoms with E-state index in [2.05, 4.69) is 10.2 Å². The summed E-state index contributed by atoms with van der Waals surface area (Å²) in [6, 6.07) is 9.39. The third kappa shape index (κ3) is 3.96. The summed E-state index contributed by atoms with van der Waals surface area (Å²) in [6.45, 7) is 3.29. The minimum absolute atomic E-state index is 0.117. The molecule has 0 aromatic heterocycles. The van der Waals surface area contributed by atoms with E-state index in [9.17, 15) is 19.2 Å². The number of hydrogen-bond acceptors (Lipinski definition) is 6. The first kappa shape index (κ1) is 20.2. The molecular formula is C21H26N4O5. The van der Waals surface area contributed by atoms with E-state index in [1.807, 2.05) is 30.3 Å². The summed E-state index contributed by atoms with van der Waals surface area (Å²) in [7, 11) is 0. The van der Waals surface area contributed by atoms with E-state index in [1.54, 1.807) is 11.8 Å². The number of piperazine rings is 1. The maximum Gasteiger partial charge on any atom is 0.326 e. The van der Waals surface area contributed by atoms with Gasteiger partial charge in [-0.3, -0.25) is 19.3 Å². The minimum atomic E-state index is -0.939. The van der Waals surface area contributed by atoms with Crippen molar-refractivity contribution in [1.82, 2.24) is 15.1 Å². The van der Waals surface area contributed by atoms with E-state index in [0.717, 1.165) is 23.4 Å². The second-order valence-electron chi connectivity index (χ2n) is 8.16. The highest BCUT2D eigenvalue weighted by Gasteiger charge is 2.56. The number of amides is 4. The molecule has 1 aromatic rings. The minimum Gasteiger partial charge on any atom is -0.454 e. The van der Waals surface area contributed by atoms with Gasteiger partial charge in [0.2, 0.25) is 0 Å². The van der Waals surface area contributed by atoms with Crippen LogP contribution in [0.3, 0.4) is 0 Å². The van der Waals surface area contributed by atoms with Crippen molar-refractivity contribution in [3.63, 3.8) is 0 Å². The smallest absolute Gasteiger partial charge is 0.326 e. The van der Waals surface area contributed by atoms with Crippen molar-refractivity contribution in [2.24, 2.45) is 5.92 Å². The Labute approximate surface area is 174 Å². The Morgan fingerprint density at radius 1 is 1.10 bits per heavy atom. The lowest BCUT2D eigenvalue weighted by molar-refractivity contribution is -0.154. The van der Waals surface area contributed by atoms with E-state index >= 15 is 0 Å². The maximum atomic E-state index is 12.5. The van der Waals surface area contributed by atoms with Crippen molar-refractivity contribution < 1.29 is 23.9 Å². The highest BCUT2D eigenvalue weighted by atomic mass is 16.5. The Bertz CT molecular complexity index is 848. The van der Waals surface area contributed by atoms with E-state index in [-0.39, 0.29) is 11.8 Å². The topological polar surface area (TPSA) is 99.3 Å². The van der Waals surface area contributed by atoms with Crippen molar-refractivity contribution in [2.75, 3.05) is 44.2 Å². The molecule has 30 heavy (non-hydrogen) atoms. The molecule has 9 heteroatoms. The van der Waals surface area contributed by atoms with Gasteiger partial charge in [0.1, 0.15) is 12.1 Å². The quantitative estimate of drug-likeness (QED) is 0.541. The number of ether oxygens (including phenoxy) is 1. The molecule has 3 fully saturated rings. The van der Waals surface area contributed by atoms with Crippen LogP contribution in [0.2, 0.25) is 0 Å². The molecule has 1 aromatic carbocycles. The summed E-state index contributed by atoms with van der Waals surface area (Å²) in [6.07, 6.45) is 1.76. The first-order chi connectivity index (χ1) is 14.4. The molecule has 1 N–H and O–H groups in total. The van der Waals surface area contributed by atoms with Crippen molar-refractivity contribution in [3.8, 4) is 0 Å². The van der Waals surface area contributed by atoms with Crippen LogP contribution >= 0.6 is 0 Å². The number of nitrogens with one attached hydrogen (secondary N) is 1. The predicted molar refractivity (Wildman–Crippen MR) is 108 cm³/mol. The molecule has 2 heterocycles. The predicted octanol–water partition coefficient (Wildman–Crippen LogP) is 0.599. The Hall–Kier alpha value is -3.10. The summed E-state index contributed by atoms with van der Waals surface area (Å²) in [5.41, 5.74) is 0.175. The Balaban J connectivity index is 1.22. The summed E-state index contributed by atoms with van der Waals surface area (Å²) in [5, 5.41) is 2.68. The molecule has 0 radical (unpaired) electrons. The molecule has 160 valence electrons. The van der Waals surface area contributed by atoms with Gasteiger partial charge in [0.05, 0.1) is 0 Å². The number of anilines is 1. The molecule has 3 aliphatic rings. The lowest BCUT2D eigenvalue weighted by atomic mass is 9.96. The molecular weight excluding hydrogens is 388 g/mol. The van der Waals surface area contributed by atoms with Crippen molar-refractivity contribution in [3.05, 3.63) is 30.3 Å². The molecule has 4 amide bonds. The number of hydrogen-bond donors (Lipinski definition) is 1. The van der Waals surface area contributed by atoms with Crippen LogP contribution in [0.4, 0.5) is 10.5 Å². The van der Waals surface area contributed by atoms with Gasteiger partial charge in [0, 0.05) is 31.9 Å². The van der Waals surface area contributed by atoms with Crippen molar-refractivity contribution in [1.29, 1.82) is 0 Å². The molecule has 1 aliphatic carbocycles. The standard InChI is InChI=1S/C21H26N4O5/c1-21(15-7-8-15)19(28)25(20(29)22-21)13-18(27)30-14-17(26)24-11-9-23(10-12-24)16-5-3-2-4-6-16/h2-6,15H,7-14H2,1H3,(H,22,29)/t21-/m0/s1. The third-order valence-corrected chi connectivity index (χ3v) is 6.09. The van der Waals surface area contributed by atoms with Gasteiger partial charge in [-0.15, -0.1) is 0 Å². The normalized spacial score (nSPS) is 24.1. The number of rotatable bonds is 6. The van der Waals surface area contributed by atoms with Gasteiger partial charge in [-0.1, -0.05) is 18.2 Å². The fourth-order valence-electron chi connectivity index (χ4n) is 4.06. The zero-order valence-electron chi connectivity index (χ0n) is 17.0. The van der Waals surface area contributed by atoms with Crippen LogP contribution in [-0.4, -0.2) is 78.5 Å². The number of esters is 1. The van der Waals surface area contributed by atoms with Crippen LogP contribution in [0.15, 0.2) is 30.3 Å². The number of benzene rings is 1. The monoisotopic (exact) mass is 414 g/mol. The zero-order valence-corrected chi connectivity index (χ0v) is 17.0. The highest BCUT2D eigenvalue weighted by molar-refractivity contribution is 6.08. The summed E-state index contributed by atoms with van der Waals surface area (Å²) >= 11 is 0. The van der Waals surface area contributed by atoms with Gasteiger partial charge in [-0.2, -0.15) is 0 Å². The molecule has 0 unspecified atom stereocenters. The van der Waals surface area contributed by atoms with Gasteiger partial charge in [0.15, 0.2) is 6.61 Å². The molecule has 4 rings (SSSR count).